The van der Waals surface area contributed by atoms with Crippen molar-refractivity contribution in [2.24, 2.45) is 0 Å². The number of anilines is 3. The van der Waals surface area contributed by atoms with Gasteiger partial charge in [-0.2, -0.15) is 26.3 Å². The second kappa shape index (κ2) is 21.9. The van der Waals surface area contributed by atoms with Gasteiger partial charge in [-0.25, -0.2) is 4.39 Å². The molecule has 3 aromatic rings. The number of carbonyl (C=O) groups is 2. The summed E-state index contributed by atoms with van der Waals surface area (Å²) in [6, 6.07) is 12.7. The van der Waals surface area contributed by atoms with Crippen LogP contribution in [0, 0.1) is 46.8 Å². The number of nitro groups is 2. The van der Waals surface area contributed by atoms with Crippen molar-refractivity contribution in [1.29, 1.82) is 0 Å². The number of nitrogen functional groups attached to an aromatic ring is 1. The first-order chi connectivity index (χ1) is 22.6. The van der Waals surface area contributed by atoms with Crippen LogP contribution in [-0.4, -0.2) is 60.2 Å². The normalized spacial score (nSPS) is 10.3. The van der Waals surface area contributed by atoms with Crippen LogP contribution in [0.15, 0.2) is 54.6 Å². The van der Waals surface area contributed by atoms with E-state index < -0.39 is 39.8 Å². The van der Waals surface area contributed by atoms with Gasteiger partial charge in [0, 0.05) is 67.5 Å². The third-order valence-electron chi connectivity index (χ3n) is 5.99. The average Bonchev–Trinajstić information content (AvgIpc) is 2.99. The predicted octanol–water partition coefficient (Wildman–Crippen LogP) is 6.55. The Hall–Kier alpha value is -5.11. The predicted molar refractivity (Wildman–Crippen MR) is 181 cm³/mol. The van der Waals surface area contributed by atoms with E-state index in [1.54, 1.807) is 35.8 Å². The molecular formula is C29H34Cl2F7N7O6. The Morgan fingerprint density at radius 2 is 1.02 bits per heavy atom. The van der Waals surface area contributed by atoms with Crippen LogP contribution in [0.3, 0.4) is 0 Å². The summed E-state index contributed by atoms with van der Waals surface area (Å²) in [7, 11) is 0. The fourth-order valence-corrected chi connectivity index (χ4v) is 3.53. The van der Waals surface area contributed by atoms with Crippen molar-refractivity contribution in [2.75, 3.05) is 42.5 Å². The average molecular weight is 781 g/mol. The van der Waals surface area contributed by atoms with Gasteiger partial charge in [0.15, 0.2) is 0 Å². The lowest BCUT2D eigenvalue weighted by atomic mass is 10.2. The molecule has 0 spiro atoms. The Morgan fingerprint density at radius 3 is 1.37 bits per heavy atom. The van der Waals surface area contributed by atoms with E-state index in [9.17, 15) is 60.6 Å². The highest BCUT2D eigenvalue weighted by molar-refractivity contribution is 5.85. The summed E-state index contributed by atoms with van der Waals surface area (Å²) in [6.45, 7) is 4.89. The lowest BCUT2D eigenvalue weighted by Gasteiger charge is -2.11. The van der Waals surface area contributed by atoms with E-state index >= 15 is 0 Å². The van der Waals surface area contributed by atoms with E-state index in [1.165, 1.54) is 31.2 Å². The van der Waals surface area contributed by atoms with Gasteiger partial charge in [0.2, 0.25) is 0 Å². The van der Waals surface area contributed by atoms with Crippen molar-refractivity contribution < 1.29 is 50.2 Å². The number of amides is 2. The number of rotatable bonds is 10. The first-order valence-electron chi connectivity index (χ1n) is 13.8. The number of halogens is 9. The largest absolute Gasteiger partial charge is 0.471 e. The molecule has 284 valence electrons. The number of aryl methyl sites for hydroxylation is 3. The molecule has 3 rings (SSSR count). The minimum absolute atomic E-state index is 0. The molecule has 2 amide bonds. The molecule has 22 heteroatoms. The highest BCUT2D eigenvalue weighted by Gasteiger charge is 2.38. The molecule has 0 radical (unpaired) electrons. The standard InChI is InChI=1S/C11H12F3N3O3.C11H14F3N3O.C7H6FNO2.2ClH/c1-7-6-8(17(19)20)2-3-9(7)15-4-5-16-10(18)11(12,13)14;1-7-6-8(15)2-3-9(7)16-4-5-17-10(18)11(12,13)14;1-5-4-6(9(10)11)2-3-7(5)8;;/h2-3,6,15H,4-5H2,1H3,(H,16,18);2-3,6,16H,4-5,15H2,1H3,(H,17,18);2-4H,1H3;2*1H. The molecule has 0 aliphatic carbocycles. The van der Waals surface area contributed by atoms with Gasteiger partial charge in [0.25, 0.3) is 11.4 Å². The number of nitrogens with two attached hydrogens (primary N) is 1. The molecule has 6 N–H and O–H groups in total. The Morgan fingerprint density at radius 1 is 0.647 bits per heavy atom. The fraction of sp³-hybridized carbons (Fsp3) is 0.310. The van der Waals surface area contributed by atoms with Crippen molar-refractivity contribution in [3.05, 3.63) is 97.3 Å². The van der Waals surface area contributed by atoms with Crippen LogP contribution in [0.25, 0.3) is 0 Å². The molecule has 13 nitrogen and oxygen atoms in total. The van der Waals surface area contributed by atoms with E-state index in [1.807, 2.05) is 6.92 Å². The first kappa shape index (κ1) is 48.0. The molecule has 0 aromatic heterocycles. The van der Waals surface area contributed by atoms with Gasteiger partial charge in [-0.15, -0.1) is 24.8 Å². The van der Waals surface area contributed by atoms with Crippen LogP contribution < -0.4 is 27.0 Å². The zero-order valence-electron chi connectivity index (χ0n) is 26.9. The smallest absolute Gasteiger partial charge is 0.399 e. The maximum absolute atomic E-state index is 12.5. The first-order valence-corrected chi connectivity index (χ1v) is 13.8. The van der Waals surface area contributed by atoms with E-state index in [4.69, 9.17) is 5.73 Å². The minimum atomic E-state index is -4.90. The molecule has 0 heterocycles. The Balaban J connectivity index is 0. The third kappa shape index (κ3) is 17.9. The number of nitro benzene ring substituents is 2. The van der Waals surface area contributed by atoms with Crippen LogP contribution >= 0.6 is 24.8 Å². The second-order valence-corrected chi connectivity index (χ2v) is 9.88. The molecule has 0 saturated heterocycles. The molecule has 0 aliphatic heterocycles. The fourth-order valence-electron chi connectivity index (χ4n) is 3.53. The van der Waals surface area contributed by atoms with Gasteiger partial charge in [-0.3, -0.25) is 29.8 Å². The Bertz CT molecular complexity index is 1630. The highest BCUT2D eigenvalue weighted by Crippen LogP contribution is 2.21. The molecule has 0 unspecified atom stereocenters. The summed E-state index contributed by atoms with van der Waals surface area (Å²) in [5.41, 5.74) is 9.11. The minimum Gasteiger partial charge on any atom is -0.399 e. The monoisotopic (exact) mass is 779 g/mol. The topological polar surface area (TPSA) is 195 Å². The van der Waals surface area contributed by atoms with Gasteiger partial charge in [-0.05, 0) is 67.8 Å². The lowest BCUT2D eigenvalue weighted by molar-refractivity contribution is -0.385. The van der Waals surface area contributed by atoms with Crippen LogP contribution in [0.4, 0.5) is 59.2 Å². The zero-order valence-corrected chi connectivity index (χ0v) is 28.5. The van der Waals surface area contributed by atoms with Gasteiger partial charge in [-0.1, -0.05) is 0 Å². The number of hydrogen-bond donors (Lipinski definition) is 5. The number of carbonyl (C=O) groups excluding carboxylic acids is 2. The van der Waals surface area contributed by atoms with E-state index in [0.29, 0.717) is 22.5 Å². The summed E-state index contributed by atoms with van der Waals surface area (Å²) >= 11 is 0. The highest BCUT2D eigenvalue weighted by atomic mass is 35.5. The SMILES string of the molecule is Cc1cc(N)ccc1NCCNC(=O)C(F)(F)F.Cc1cc([N+](=O)[O-])ccc1F.Cc1cc([N+](=O)[O-])ccc1NCCNC(=O)C(F)(F)F.Cl.Cl. The van der Waals surface area contributed by atoms with E-state index in [2.05, 4.69) is 10.6 Å². The molecular weight excluding hydrogens is 746 g/mol. The summed E-state index contributed by atoms with van der Waals surface area (Å²) in [6.07, 6.45) is -9.74. The van der Waals surface area contributed by atoms with Gasteiger partial charge in [0.05, 0.1) is 9.85 Å². The van der Waals surface area contributed by atoms with Crippen molar-refractivity contribution in [2.45, 2.75) is 33.1 Å². The quantitative estimate of drug-likeness (QED) is 0.0499. The number of alkyl halides is 6. The number of non-ortho nitro benzene ring substituents is 2. The van der Waals surface area contributed by atoms with Crippen molar-refractivity contribution in [1.82, 2.24) is 10.6 Å². The molecule has 0 saturated carbocycles. The summed E-state index contributed by atoms with van der Waals surface area (Å²) < 4.78 is 83.8. The molecule has 3 aromatic carbocycles. The summed E-state index contributed by atoms with van der Waals surface area (Å²) in [4.78, 5) is 40.6. The molecule has 0 aliphatic rings. The van der Waals surface area contributed by atoms with Gasteiger partial charge in [0.1, 0.15) is 5.82 Å². The van der Waals surface area contributed by atoms with Gasteiger partial charge >= 0.3 is 24.2 Å². The van der Waals surface area contributed by atoms with Crippen LogP contribution in [0.5, 0.6) is 0 Å². The maximum Gasteiger partial charge on any atom is 0.471 e. The number of hydrogen-bond acceptors (Lipinski definition) is 9. The van der Waals surface area contributed by atoms with Crippen molar-refractivity contribution >= 4 is 65.1 Å². The van der Waals surface area contributed by atoms with Crippen LogP contribution in [-0.2, 0) is 9.59 Å². The lowest BCUT2D eigenvalue weighted by Crippen LogP contribution is -2.39. The van der Waals surface area contributed by atoms with E-state index in [-0.39, 0.29) is 62.4 Å². The maximum atomic E-state index is 12.5. The molecule has 0 bridgehead atoms. The Labute approximate surface area is 298 Å². The van der Waals surface area contributed by atoms with Crippen LogP contribution in [0.1, 0.15) is 16.7 Å². The van der Waals surface area contributed by atoms with Crippen molar-refractivity contribution in [3.8, 4) is 0 Å². The number of nitrogens with zero attached hydrogens (tertiary/aromatic N) is 2. The molecule has 0 atom stereocenters. The third-order valence-corrected chi connectivity index (χ3v) is 5.99. The van der Waals surface area contributed by atoms with Gasteiger partial charge < -0.3 is 27.0 Å². The number of benzene rings is 3. The second-order valence-electron chi connectivity index (χ2n) is 9.88. The Kier molecular flexibility index (Phi) is 20.6. The number of nitrogens with one attached hydrogen (secondary N) is 4. The summed E-state index contributed by atoms with van der Waals surface area (Å²) in [5.74, 6) is -4.35. The summed E-state index contributed by atoms with van der Waals surface area (Å²) in [5, 5.41) is 29.8. The van der Waals surface area contributed by atoms with Crippen LogP contribution in [0.2, 0.25) is 0 Å². The molecule has 0 fully saturated rings. The van der Waals surface area contributed by atoms with Crippen molar-refractivity contribution in [3.63, 3.8) is 0 Å². The molecule has 51 heavy (non-hydrogen) atoms. The van der Waals surface area contributed by atoms with E-state index in [0.717, 1.165) is 23.4 Å². The zero-order chi connectivity index (χ0) is 37.5.